The van der Waals surface area contributed by atoms with Gasteiger partial charge in [-0.15, -0.1) is 0 Å². The van der Waals surface area contributed by atoms with Crippen molar-refractivity contribution in [3.05, 3.63) is 163 Å². The third kappa shape index (κ3) is 6.65. The van der Waals surface area contributed by atoms with Gasteiger partial charge in [0.1, 0.15) is 0 Å². The Kier molecular flexibility index (Phi) is 8.15. The van der Waals surface area contributed by atoms with E-state index in [1.807, 2.05) is 68.7 Å². The molecule has 0 N–H and O–H groups in total. The van der Waals surface area contributed by atoms with Crippen molar-refractivity contribution in [1.82, 2.24) is 15.0 Å². The highest BCUT2D eigenvalue weighted by molar-refractivity contribution is 5.84. The van der Waals surface area contributed by atoms with Crippen molar-refractivity contribution in [3.63, 3.8) is 0 Å². The van der Waals surface area contributed by atoms with Crippen LogP contribution >= 0.6 is 0 Å². The smallest absolute Gasteiger partial charge is 0.256 e. The molecule has 0 amide bonds. The Morgan fingerprint density at radius 1 is 0.375 bits per heavy atom. The molecule has 7 rings (SSSR count). The Balaban J connectivity index is 1.37. The van der Waals surface area contributed by atoms with E-state index in [1.165, 1.54) is 6.20 Å². The zero-order valence-electron chi connectivity index (χ0n) is 26.3. The predicted molar refractivity (Wildman–Crippen MR) is 187 cm³/mol. The SMILES string of the molecule is Cc1ccnc(-c2cccc(-c3cc(-c4cccc(-c5cc(C)ccn5)c4)cc(-c4cccc(-c5cc(C(F)(F)F)ccn5)c4)c3)c2)c1. The number of alkyl halides is 3. The summed E-state index contributed by atoms with van der Waals surface area (Å²) in [6, 6.07) is 40.7. The van der Waals surface area contributed by atoms with E-state index in [4.69, 9.17) is 0 Å². The third-order valence-electron chi connectivity index (χ3n) is 8.33. The van der Waals surface area contributed by atoms with Gasteiger partial charge >= 0.3 is 6.18 Å². The summed E-state index contributed by atoms with van der Waals surface area (Å²) in [5.74, 6) is 0. The first-order valence-corrected chi connectivity index (χ1v) is 15.6. The molecule has 0 radical (unpaired) electrons. The lowest BCUT2D eigenvalue weighted by molar-refractivity contribution is -0.137. The molecule has 0 aliphatic carbocycles. The van der Waals surface area contributed by atoms with Gasteiger partial charge in [0.15, 0.2) is 0 Å². The second-order valence-corrected chi connectivity index (χ2v) is 11.9. The number of pyridine rings is 3. The molecule has 0 fully saturated rings. The van der Waals surface area contributed by atoms with Crippen molar-refractivity contribution in [1.29, 1.82) is 0 Å². The van der Waals surface area contributed by atoms with Crippen molar-refractivity contribution in [2.24, 2.45) is 0 Å². The summed E-state index contributed by atoms with van der Waals surface area (Å²) in [4.78, 5) is 13.5. The van der Waals surface area contributed by atoms with Gasteiger partial charge in [0.05, 0.1) is 22.6 Å². The molecule has 4 aromatic carbocycles. The van der Waals surface area contributed by atoms with Gasteiger partial charge in [-0.3, -0.25) is 15.0 Å². The van der Waals surface area contributed by atoms with Crippen molar-refractivity contribution < 1.29 is 13.2 Å². The van der Waals surface area contributed by atoms with E-state index in [-0.39, 0.29) is 5.69 Å². The summed E-state index contributed by atoms with van der Waals surface area (Å²) >= 11 is 0. The second kappa shape index (κ2) is 12.7. The van der Waals surface area contributed by atoms with Crippen LogP contribution < -0.4 is 0 Å². The largest absolute Gasteiger partial charge is 0.416 e. The molecule has 3 nitrogen and oxygen atoms in total. The van der Waals surface area contributed by atoms with Crippen LogP contribution in [0.1, 0.15) is 16.7 Å². The lowest BCUT2D eigenvalue weighted by Gasteiger charge is -2.14. The van der Waals surface area contributed by atoms with Crippen molar-refractivity contribution in [2.45, 2.75) is 20.0 Å². The molecule has 0 saturated carbocycles. The van der Waals surface area contributed by atoms with Gasteiger partial charge in [0, 0.05) is 35.3 Å². The number of nitrogens with zero attached hydrogens (tertiary/aromatic N) is 3. The van der Waals surface area contributed by atoms with Crippen LogP contribution in [-0.2, 0) is 6.18 Å². The number of halogens is 3. The average Bonchev–Trinajstić information content (AvgIpc) is 3.11. The van der Waals surface area contributed by atoms with E-state index >= 15 is 0 Å². The van der Waals surface area contributed by atoms with E-state index < -0.39 is 11.7 Å². The van der Waals surface area contributed by atoms with Gasteiger partial charge in [-0.05, 0) is 131 Å². The normalized spacial score (nSPS) is 11.4. The molecule has 0 spiro atoms. The van der Waals surface area contributed by atoms with Crippen LogP contribution in [0.5, 0.6) is 0 Å². The summed E-state index contributed by atoms with van der Waals surface area (Å²) < 4.78 is 40.5. The van der Waals surface area contributed by atoms with Crippen molar-refractivity contribution in [2.75, 3.05) is 0 Å². The summed E-state index contributed by atoms with van der Waals surface area (Å²) in [5, 5.41) is 0. The number of benzene rings is 4. The molecule has 3 aromatic heterocycles. The lowest BCUT2D eigenvalue weighted by atomic mass is 9.91. The third-order valence-corrected chi connectivity index (χ3v) is 8.33. The first-order valence-electron chi connectivity index (χ1n) is 15.6. The van der Waals surface area contributed by atoms with E-state index in [2.05, 4.69) is 81.7 Å². The van der Waals surface area contributed by atoms with Crippen LogP contribution in [0.15, 0.2) is 146 Å². The molecule has 0 aliphatic rings. The minimum Gasteiger partial charge on any atom is -0.256 e. The summed E-state index contributed by atoms with van der Waals surface area (Å²) in [6.07, 6.45) is 0.385. The number of rotatable bonds is 6. The van der Waals surface area contributed by atoms with Crippen LogP contribution in [0, 0.1) is 13.8 Å². The van der Waals surface area contributed by atoms with E-state index in [0.29, 0.717) is 5.56 Å². The van der Waals surface area contributed by atoms with Gasteiger partial charge in [-0.1, -0.05) is 54.6 Å². The van der Waals surface area contributed by atoms with Crippen LogP contribution in [0.3, 0.4) is 0 Å². The molecule has 0 atom stereocenters. The van der Waals surface area contributed by atoms with Gasteiger partial charge in [0.25, 0.3) is 0 Å². The second-order valence-electron chi connectivity index (χ2n) is 11.9. The predicted octanol–water partition coefficient (Wildman–Crippen LogP) is 11.5. The Labute approximate surface area is 277 Å². The van der Waals surface area contributed by atoms with Crippen LogP contribution in [0.2, 0.25) is 0 Å². The quantitative estimate of drug-likeness (QED) is 0.183. The maximum Gasteiger partial charge on any atom is 0.416 e. The Morgan fingerprint density at radius 3 is 1.08 bits per heavy atom. The molecule has 0 bridgehead atoms. The number of aryl methyl sites for hydroxylation is 2. The lowest BCUT2D eigenvalue weighted by Crippen LogP contribution is -2.05. The monoisotopic (exact) mass is 633 g/mol. The van der Waals surface area contributed by atoms with Gasteiger partial charge < -0.3 is 0 Å². The van der Waals surface area contributed by atoms with E-state index in [9.17, 15) is 13.2 Å². The van der Waals surface area contributed by atoms with Gasteiger partial charge in [-0.25, -0.2) is 0 Å². The molecule has 3 heterocycles. The molecule has 0 aliphatic heterocycles. The fraction of sp³-hybridized carbons (Fsp3) is 0.0714. The average molecular weight is 634 g/mol. The van der Waals surface area contributed by atoms with Crippen LogP contribution in [0.4, 0.5) is 13.2 Å². The highest BCUT2D eigenvalue weighted by Gasteiger charge is 2.30. The zero-order chi connectivity index (χ0) is 33.3. The highest BCUT2D eigenvalue weighted by atomic mass is 19.4. The Morgan fingerprint density at radius 2 is 0.708 bits per heavy atom. The van der Waals surface area contributed by atoms with E-state index in [0.717, 1.165) is 79.2 Å². The fourth-order valence-electron chi connectivity index (χ4n) is 5.85. The van der Waals surface area contributed by atoms with E-state index in [1.54, 1.807) is 6.07 Å². The number of aromatic nitrogens is 3. The molecule has 0 unspecified atom stereocenters. The summed E-state index contributed by atoms with van der Waals surface area (Å²) in [6.45, 7) is 4.10. The van der Waals surface area contributed by atoms with Gasteiger partial charge in [0.2, 0.25) is 0 Å². The zero-order valence-corrected chi connectivity index (χ0v) is 26.3. The molecule has 234 valence electrons. The standard InChI is InChI=1S/C42H30F3N3/c1-27-12-15-46-39(18-27)32-9-3-6-29(20-32)35-23-36(30-7-4-10-33(21-30)40-19-28(2)13-16-47-40)25-37(24-35)31-8-5-11-34(22-31)41-26-38(14-17-48-41)42(43,44)45/h3-26H,1-2H3. The topological polar surface area (TPSA) is 38.7 Å². The Hall–Kier alpha value is -5.88. The maximum absolute atomic E-state index is 13.5. The maximum atomic E-state index is 13.5. The molecular formula is C42H30F3N3. The van der Waals surface area contributed by atoms with Gasteiger partial charge in [-0.2, -0.15) is 13.2 Å². The molecule has 48 heavy (non-hydrogen) atoms. The number of hydrogen-bond donors (Lipinski definition) is 0. The van der Waals surface area contributed by atoms with Crippen LogP contribution in [-0.4, -0.2) is 15.0 Å². The summed E-state index contributed by atoms with van der Waals surface area (Å²) in [5.41, 5.74) is 12.0. The molecule has 7 aromatic rings. The highest BCUT2D eigenvalue weighted by Crippen LogP contribution is 2.37. The Bertz CT molecular complexity index is 2170. The minimum atomic E-state index is -4.45. The van der Waals surface area contributed by atoms with Crippen molar-refractivity contribution >= 4 is 0 Å². The van der Waals surface area contributed by atoms with Crippen LogP contribution in [0.25, 0.3) is 67.2 Å². The van der Waals surface area contributed by atoms with Crippen molar-refractivity contribution in [3.8, 4) is 67.2 Å². The first-order chi connectivity index (χ1) is 23.2. The molecular weight excluding hydrogens is 603 g/mol. The minimum absolute atomic E-state index is 0.264. The summed E-state index contributed by atoms with van der Waals surface area (Å²) in [7, 11) is 0. The first kappa shape index (κ1) is 30.8. The number of hydrogen-bond acceptors (Lipinski definition) is 3. The molecule has 0 saturated heterocycles. The molecule has 6 heteroatoms. The fourth-order valence-corrected chi connectivity index (χ4v) is 5.85.